The number of ether oxygens (including phenoxy) is 1. The highest BCUT2D eigenvalue weighted by Crippen LogP contribution is 2.32. The van der Waals surface area contributed by atoms with E-state index < -0.39 is 5.38 Å². The van der Waals surface area contributed by atoms with Crippen LogP contribution in [0.4, 0.5) is 17.1 Å². The van der Waals surface area contributed by atoms with Crippen LogP contribution in [0.15, 0.2) is 103 Å². The first-order chi connectivity index (χ1) is 20.4. The Balaban J connectivity index is 1.38. The molecule has 1 aliphatic heterocycles. The van der Waals surface area contributed by atoms with E-state index >= 15 is 0 Å². The van der Waals surface area contributed by atoms with Gasteiger partial charge >= 0.3 is 0 Å². The van der Waals surface area contributed by atoms with Gasteiger partial charge < -0.3 is 25.2 Å². The Morgan fingerprint density at radius 1 is 0.762 bits per heavy atom. The van der Waals surface area contributed by atoms with Crippen molar-refractivity contribution in [3.05, 3.63) is 120 Å². The van der Waals surface area contributed by atoms with Crippen molar-refractivity contribution in [1.29, 1.82) is 0 Å². The van der Waals surface area contributed by atoms with Gasteiger partial charge in [-0.2, -0.15) is 0 Å². The number of rotatable bonds is 9. The van der Waals surface area contributed by atoms with E-state index in [2.05, 4.69) is 26.5 Å². The third-order valence-corrected chi connectivity index (χ3v) is 7.97. The maximum atomic E-state index is 13.8. The van der Waals surface area contributed by atoms with Gasteiger partial charge in [-0.05, 0) is 48.4 Å². The Bertz CT molecular complexity index is 1510. The molecule has 2 unspecified atom stereocenters. The van der Waals surface area contributed by atoms with Crippen molar-refractivity contribution in [3.63, 3.8) is 0 Å². The predicted molar refractivity (Wildman–Crippen MR) is 170 cm³/mol. The van der Waals surface area contributed by atoms with Crippen LogP contribution in [-0.2, 0) is 4.79 Å². The molecule has 1 heterocycles. The second-order valence-electron chi connectivity index (χ2n) is 10.2. The summed E-state index contributed by atoms with van der Waals surface area (Å²) in [5.41, 5.74) is 4.59. The number of methoxy groups -OCH3 is 1. The van der Waals surface area contributed by atoms with E-state index in [-0.39, 0.29) is 17.9 Å². The molecule has 1 saturated heterocycles. The molecule has 0 bridgehead atoms. The van der Waals surface area contributed by atoms with E-state index in [1.807, 2.05) is 97.9 Å². The number of amides is 2. The minimum atomic E-state index is -0.857. The SMILES string of the molecule is COc1ccccc1N1CCN(c2ccc(NC(=O)C(Cl)c3ccccc3)cc2C(=O)NC(C)c2ccccc2)CC1. The molecule has 1 aliphatic rings. The summed E-state index contributed by atoms with van der Waals surface area (Å²) in [6.45, 7) is 4.94. The Kier molecular flexibility index (Phi) is 9.29. The van der Waals surface area contributed by atoms with E-state index in [0.717, 1.165) is 48.9 Å². The maximum absolute atomic E-state index is 13.8. The van der Waals surface area contributed by atoms with Crippen LogP contribution in [0.2, 0.25) is 0 Å². The number of alkyl halides is 1. The molecule has 2 atom stereocenters. The molecule has 42 heavy (non-hydrogen) atoms. The molecule has 4 aromatic rings. The van der Waals surface area contributed by atoms with Crippen molar-refractivity contribution in [2.75, 3.05) is 48.4 Å². The van der Waals surface area contributed by atoms with Crippen LogP contribution in [0, 0.1) is 0 Å². The normalized spacial score (nSPS) is 14.5. The van der Waals surface area contributed by atoms with Crippen LogP contribution in [0.5, 0.6) is 5.75 Å². The summed E-state index contributed by atoms with van der Waals surface area (Å²) in [5.74, 6) is 0.272. The standard InChI is InChI=1S/C34H35ClN4O3/c1-24(25-11-5-3-6-12-25)36-33(40)28-23-27(37-34(41)32(35)26-13-7-4-8-14-26)17-18-29(28)38-19-21-39(22-20-38)30-15-9-10-16-31(30)42-2/h3-18,23-24,32H,19-22H2,1-2H3,(H,36,40)(H,37,41). The number of piperazine rings is 1. The van der Waals surface area contributed by atoms with Gasteiger partial charge in [0.05, 0.1) is 24.4 Å². The number of para-hydroxylation sites is 2. The number of carbonyl (C=O) groups is 2. The fourth-order valence-corrected chi connectivity index (χ4v) is 5.43. The highest BCUT2D eigenvalue weighted by Gasteiger charge is 2.25. The van der Waals surface area contributed by atoms with Gasteiger partial charge in [-0.15, -0.1) is 11.6 Å². The van der Waals surface area contributed by atoms with Crippen LogP contribution >= 0.6 is 11.6 Å². The second-order valence-corrected chi connectivity index (χ2v) is 10.7. The number of halogens is 1. The largest absolute Gasteiger partial charge is 0.495 e. The van der Waals surface area contributed by atoms with Crippen LogP contribution < -0.4 is 25.2 Å². The number of anilines is 3. The molecule has 0 spiro atoms. The van der Waals surface area contributed by atoms with Crippen LogP contribution in [0.3, 0.4) is 0 Å². The van der Waals surface area contributed by atoms with Gasteiger partial charge in [-0.1, -0.05) is 72.8 Å². The lowest BCUT2D eigenvalue weighted by Crippen LogP contribution is -2.47. The van der Waals surface area contributed by atoms with Crippen molar-refractivity contribution in [3.8, 4) is 5.75 Å². The van der Waals surface area contributed by atoms with Crippen LogP contribution in [0.25, 0.3) is 0 Å². The number of nitrogens with one attached hydrogen (secondary N) is 2. The molecule has 1 fully saturated rings. The Labute approximate surface area is 252 Å². The highest BCUT2D eigenvalue weighted by molar-refractivity contribution is 6.32. The zero-order valence-electron chi connectivity index (χ0n) is 23.8. The molecular weight excluding hydrogens is 548 g/mol. The first-order valence-electron chi connectivity index (χ1n) is 14.1. The summed E-state index contributed by atoms with van der Waals surface area (Å²) in [6.07, 6.45) is 0. The first-order valence-corrected chi connectivity index (χ1v) is 14.5. The van der Waals surface area contributed by atoms with Crippen LogP contribution in [0.1, 0.15) is 39.8 Å². The third-order valence-electron chi connectivity index (χ3n) is 7.52. The molecular formula is C34H35ClN4O3. The van der Waals surface area contributed by atoms with E-state index in [9.17, 15) is 9.59 Å². The van der Waals surface area contributed by atoms with Gasteiger partial charge in [0.1, 0.15) is 11.1 Å². The molecule has 2 N–H and O–H groups in total. The van der Waals surface area contributed by atoms with Gasteiger partial charge in [0.15, 0.2) is 0 Å². The van der Waals surface area contributed by atoms with Gasteiger partial charge in [-0.25, -0.2) is 0 Å². The number of hydrogen-bond acceptors (Lipinski definition) is 5. The summed E-state index contributed by atoms with van der Waals surface area (Å²) in [5, 5.41) is 5.18. The smallest absolute Gasteiger partial charge is 0.253 e. The predicted octanol–water partition coefficient (Wildman–Crippen LogP) is 6.43. The van der Waals surface area contributed by atoms with E-state index in [0.29, 0.717) is 16.8 Å². The summed E-state index contributed by atoms with van der Waals surface area (Å²) in [7, 11) is 1.68. The molecule has 8 heteroatoms. The van der Waals surface area contributed by atoms with Crippen molar-refractivity contribution < 1.29 is 14.3 Å². The average Bonchev–Trinajstić information content (AvgIpc) is 3.05. The molecule has 0 aromatic heterocycles. The minimum Gasteiger partial charge on any atom is -0.495 e. The van der Waals surface area contributed by atoms with Gasteiger partial charge in [0.2, 0.25) is 5.91 Å². The number of carbonyl (C=O) groups excluding carboxylic acids is 2. The zero-order valence-corrected chi connectivity index (χ0v) is 24.6. The Hall–Kier alpha value is -4.49. The zero-order chi connectivity index (χ0) is 29.5. The summed E-state index contributed by atoms with van der Waals surface area (Å²) in [4.78, 5) is 31.3. The van der Waals surface area contributed by atoms with Crippen molar-refractivity contribution in [1.82, 2.24) is 5.32 Å². The quantitative estimate of drug-likeness (QED) is 0.222. The number of nitrogens with zero attached hydrogens (tertiary/aromatic N) is 2. The molecule has 216 valence electrons. The maximum Gasteiger partial charge on any atom is 0.253 e. The molecule has 0 saturated carbocycles. The number of benzene rings is 4. The lowest BCUT2D eigenvalue weighted by atomic mass is 10.1. The monoisotopic (exact) mass is 582 g/mol. The van der Waals surface area contributed by atoms with Gasteiger partial charge in [-0.3, -0.25) is 9.59 Å². The summed E-state index contributed by atoms with van der Waals surface area (Å²) in [6, 6.07) is 32.3. The highest BCUT2D eigenvalue weighted by atomic mass is 35.5. The molecule has 0 radical (unpaired) electrons. The van der Waals surface area contributed by atoms with Crippen molar-refractivity contribution in [2.45, 2.75) is 18.3 Å². The fraction of sp³-hybridized carbons (Fsp3) is 0.235. The van der Waals surface area contributed by atoms with E-state index in [1.165, 1.54) is 0 Å². The van der Waals surface area contributed by atoms with Crippen molar-refractivity contribution >= 4 is 40.5 Å². The summed E-state index contributed by atoms with van der Waals surface area (Å²) >= 11 is 6.47. The lowest BCUT2D eigenvalue weighted by Gasteiger charge is -2.38. The molecule has 0 aliphatic carbocycles. The lowest BCUT2D eigenvalue weighted by molar-refractivity contribution is -0.116. The minimum absolute atomic E-state index is 0.197. The van der Waals surface area contributed by atoms with Crippen molar-refractivity contribution in [2.24, 2.45) is 0 Å². The van der Waals surface area contributed by atoms with E-state index in [1.54, 1.807) is 13.2 Å². The molecule has 4 aromatic carbocycles. The number of hydrogen-bond donors (Lipinski definition) is 2. The topological polar surface area (TPSA) is 73.9 Å². The fourth-order valence-electron chi connectivity index (χ4n) is 5.23. The van der Waals surface area contributed by atoms with Gasteiger partial charge in [0, 0.05) is 37.6 Å². The molecule has 5 rings (SSSR count). The van der Waals surface area contributed by atoms with E-state index in [4.69, 9.17) is 16.3 Å². The second kappa shape index (κ2) is 13.4. The molecule has 2 amide bonds. The third kappa shape index (κ3) is 6.69. The average molecular weight is 583 g/mol. The Morgan fingerprint density at radius 2 is 1.33 bits per heavy atom. The van der Waals surface area contributed by atoms with Gasteiger partial charge in [0.25, 0.3) is 5.91 Å². The Morgan fingerprint density at radius 3 is 1.98 bits per heavy atom. The first kappa shape index (κ1) is 29.0. The summed E-state index contributed by atoms with van der Waals surface area (Å²) < 4.78 is 5.57. The molecule has 7 nitrogen and oxygen atoms in total. The van der Waals surface area contributed by atoms with Crippen LogP contribution in [-0.4, -0.2) is 45.1 Å².